The number of aromatic hydroxyl groups is 1. The van der Waals surface area contributed by atoms with Crippen LogP contribution in [-0.2, 0) is 0 Å². The molecule has 0 saturated heterocycles. The van der Waals surface area contributed by atoms with Crippen LogP contribution in [0, 0.1) is 62.3 Å². The van der Waals surface area contributed by atoms with Crippen LogP contribution in [0.3, 0.4) is 0 Å². The fourth-order valence-corrected chi connectivity index (χ4v) is 15.9. The lowest BCUT2D eigenvalue weighted by molar-refractivity contribution is 0.0693. The molecule has 12 aromatic carbocycles. The summed E-state index contributed by atoms with van der Waals surface area (Å²) in [4.78, 5) is 38.5. The second-order valence-corrected chi connectivity index (χ2v) is 27.5. The molecule has 24 heteroatoms. The van der Waals surface area contributed by atoms with E-state index in [9.17, 15) is 24.6 Å². The number of hydrogen-bond acceptors (Lipinski definition) is 21. The Bertz CT molecular complexity index is 5980. The van der Waals surface area contributed by atoms with E-state index >= 15 is 0 Å². The van der Waals surface area contributed by atoms with Crippen LogP contribution in [0.1, 0.15) is 70.8 Å². The van der Waals surface area contributed by atoms with Crippen LogP contribution < -0.4 is 81.4 Å². The summed E-state index contributed by atoms with van der Waals surface area (Å²) in [5.74, 6) is 7.86. The van der Waals surface area contributed by atoms with Gasteiger partial charge in [0.1, 0.15) is 34.3 Å². The standard InChI is InChI=1S/C29H29BrO7.C29H28O7.C15H15BrO5.C14H16O3/c1-14-9-17-15(2)26(34-6)23(32-4)12-19(17)22(10-14)37-29(31)21-11-18-16(3)27(35-7)24(33-5)13-20(18)28(36-8)25(21)30;1-13-9-16-14(2)25(33-6)22(32-5)12-19(16)28-23(13)24-20(29(30)36-28)10-17-15(3)26(34-7)21(31-4)11-18(17)27(24)35-8;1-7-8-5-10(15(17)18)12(16)14(21-4)9(8)6-11(19-2)13(7)20-3;1-8-5-10-9(2)14(17-4)13(16-3)7-11(10)12(15)6-8/h9-13H,1-8H3;9-12H,1-8H3;5-6H,1-4H3,(H,17,18);5-7,15H,1-4H3. The maximum atomic E-state index is 13.6. The first kappa shape index (κ1) is 81.9. The summed E-state index contributed by atoms with van der Waals surface area (Å²) in [5, 5.41) is 31.0. The van der Waals surface area contributed by atoms with E-state index in [1.807, 2.05) is 111 Å². The van der Waals surface area contributed by atoms with Crippen molar-refractivity contribution in [3.05, 3.63) is 165 Å². The third-order valence-corrected chi connectivity index (χ3v) is 21.5. The average molecular weight is 1650 g/mol. The molecular formula is C87H88Br2O22. The zero-order valence-electron chi connectivity index (χ0n) is 66.4. The summed E-state index contributed by atoms with van der Waals surface area (Å²) >= 11 is 6.86. The van der Waals surface area contributed by atoms with Gasteiger partial charge in [-0.2, -0.15) is 0 Å². The fraction of sp³-hybridized carbons (Fsp3) is 0.276. The van der Waals surface area contributed by atoms with Crippen molar-refractivity contribution in [3.8, 4) is 97.7 Å². The summed E-state index contributed by atoms with van der Waals surface area (Å²) in [6, 6.07) is 25.9. The number of halogens is 2. The second-order valence-electron chi connectivity index (χ2n) is 25.9. The van der Waals surface area contributed by atoms with E-state index in [4.69, 9.17) is 80.2 Å². The van der Waals surface area contributed by atoms with Gasteiger partial charge in [0.2, 0.25) is 0 Å². The number of phenolic OH excluding ortho intramolecular Hbond substituents is 1. The van der Waals surface area contributed by atoms with Crippen molar-refractivity contribution in [2.45, 2.75) is 62.3 Å². The highest BCUT2D eigenvalue weighted by Gasteiger charge is 2.29. The smallest absolute Gasteiger partial charge is 0.344 e. The minimum atomic E-state index is -1.03. The predicted molar refractivity (Wildman–Crippen MR) is 441 cm³/mol. The van der Waals surface area contributed by atoms with Crippen molar-refractivity contribution in [1.82, 2.24) is 0 Å². The Morgan fingerprint density at radius 2 is 0.622 bits per heavy atom. The molecule has 22 nitrogen and oxygen atoms in total. The highest BCUT2D eigenvalue weighted by molar-refractivity contribution is 9.11. The largest absolute Gasteiger partial charge is 0.507 e. The summed E-state index contributed by atoms with van der Waals surface area (Å²) in [5.41, 5.74) is 8.57. The molecule has 0 atom stereocenters. The lowest BCUT2D eigenvalue weighted by atomic mass is 9.92. The van der Waals surface area contributed by atoms with E-state index in [1.165, 1.54) is 7.11 Å². The zero-order chi connectivity index (χ0) is 81.2. The number of carboxylic acids is 1. The fourth-order valence-electron chi connectivity index (χ4n) is 14.6. The molecule has 0 unspecified atom stereocenters. The van der Waals surface area contributed by atoms with Crippen molar-refractivity contribution in [2.75, 3.05) is 107 Å². The highest BCUT2D eigenvalue weighted by Crippen LogP contribution is 2.51. The van der Waals surface area contributed by atoms with Crippen LogP contribution >= 0.6 is 31.9 Å². The van der Waals surface area contributed by atoms with E-state index in [0.29, 0.717) is 123 Å². The quantitative estimate of drug-likeness (QED) is 0.0266. The summed E-state index contributed by atoms with van der Waals surface area (Å²) < 4.78 is 95.9. The minimum Gasteiger partial charge on any atom is -0.507 e. The number of aryl methyl sites for hydroxylation is 9. The number of phenols is 1. The Labute approximate surface area is 658 Å². The maximum absolute atomic E-state index is 13.6. The maximum Gasteiger partial charge on any atom is 0.344 e. The van der Waals surface area contributed by atoms with Crippen LogP contribution in [-0.4, -0.2) is 129 Å². The topological polar surface area (TPSA) is 252 Å². The lowest BCUT2D eigenvalue weighted by Gasteiger charge is -2.19. The van der Waals surface area contributed by atoms with Gasteiger partial charge in [-0.15, -0.1) is 0 Å². The van der Waals surface area contributed by atoms with Gasteiger partial charge >= 0.3 is 17.6 Å². The number of methoxy groups -OCH3 is 15. The van der Waals surface area contributed by atoms with Gasteiger partial charge in [0.05, 0.1) is 132 Å². The van der Waals surface area contributed by atoms with E-state index in [1.54, 1.807) is 130 Å². The molecule has 1 heterocycles. The Morgan fingerprint density at radius 3 is 1.01 bits per heavy atom. The first-order valence-electron chi connectivity index (χ1n) is 34.5. The number of rotatable bonds is 18. The van der Waals surface area contributed by atoms with Crippen molar-refractivity contribution >= 4 is 130 Å². The summed E-state index contributed by atoms with van der Waals surface area (Å²) in [6.45, 7) is 17.5. The predicted octanol–water partition coefficient (Wildman–Crippen LogP) is 20.0. The van der Waals surface area contributed by atoms with Crippen LogP contribution in [0.25, 0.3) is 86.4 Å². The molecule has 0 bridgehead atoms. The molecule has 0 spiro atoms. The molecule has 0 aliphatic carbocycles. The molecule has 13 rings (SSSR count). The number of aromatic carboxylic acids is 1. The summed E-state index contributed by atoms with van der Waals surface area (Å²) in [7, 11) is 23.7. The van der Waals surface area contributed by atoms with Crippen LogP contribution in [0.4, 0.5) is 0 Å². The molecule has 0 aliphatic heterocycles. The third-order valence-electron chi connectivity index (χ3n) is 19.9. The van der Waals surface area contributed by atoms with Crippen molar-refractivity contribution < 1.29 is 100 Å². The van der Waals surface area contributed by atoms with Crippen molar-refractivity contribution in [2.24, 2.45) is 0 Å². The zero-order valence-corrected chi connectivity index (χ0v) is 69.6. The minimum absolute atomic E-state index is 0.134. The highest BCUT2D eigenvalue weighted by atomic mass is 79.9. The molecule has 0 aliphatic rings. The van der Waals surface area contributed by atoms with E-state index < -0.39 is 17.6 Å². The Kier molecular flexibility index (Phi) is 24.9. The Balaban J connectivity index is 0.000000165. The van der Waals surface area contributed by atoms with Gasteiger partial charge in [0.15, 0.2) is 69.0 Å². The molecule has 13 aromatic rings. The summed E-state index contributed by atoms with van der Waals surface area (Å²) in [6.07, 6.45) is 0. The number of hydrogen-bond donors (Lipinski definition) is 2. The van der Waals surface area contributed by atoms with Gasteiger partial charge in [0, 0.05) is 76.5 Å². The number of carbonyl (C=O) groups is 2. The molecule has 0 amide bonds. The van der Waals surface area contributed by atoms with E-state index in [-0.39, 0.29) is 11.3 Å². The third kappa shape index (κ3) is 14.6. The van der Waals surface area contributed by atoms with Crippen molar-refractivity contribution in [1.29, 1.82) is 0 Å². The van der Waals surface area contributed by atoms with Crippen molar-refractivity contribution in [3.63, 3.8) is 0 Å². The molecule has 0 radical (unpaired) electrons. The van der Waals surface area contributed by atoms with Crippen LogP contribution in [0.15, 0.2) is 103 Å². The molecule has 1 aromatic heterocycles. The first-order chi connectivity index (χ1) is 53.0. The Hall–Kier alpha value is -11.6. The number of ether oxygens (including phenoxy) is 16. The molecule has 582 valence electrons. The number of carboxylic acid groups (broad SMARTS) is 1. The lowest BCUT2D eigenvalue weighted by Crippen LogP contribution is -2.11. The molecule has 0 saturated carbocycles. The molecular weight excluding hydrogens is 1560 g/mol. The van der Waals surface area contributed by atoms with Gasteiger partial charge in [-0.25, -0.2) is 14.4 Å². The Morgan fingerprint density at radius 1 is 0.306 bits per heavy atom. The number of benzene rings is 12. The SMILES string of the molecule is COc1cc2c(O)cc(C)cc2c(C)c1OC.COc1cc2c(OC(=O)c3cc4c(C)c(OC)c(OC)cc4c(OC)c3Br)cc(C)cc2c(C)c1OC.COc1cc2c(OC)c(Br)c(C(=O)O)cc2c(C)c1OC.COc1cc2c(OC)c3c(cc2c(C)c1OC)c(=O)oc1c2cc(OC)c(OC)c(C)c2cc(C)c13. The second kappa shape index (κ2) is 33.7. The molecule has 2 N–H and O–H groups in total. The van der Waals surface area contributed by atoms with E-state index in [2.05, 4.69) is 37.9 Å². The monoisotopic (exact) mass is 1640 g/mol. The van der Waals surface area contributed by atoms with Gasteiger partial charge in [0.25, 0.3) is 0 Å². The van der Waals surface area contributed by atoms with E-state index in [0.717, 1.165) is 120 Å². The van der Waals surface area contributed by atoms with Crippen LogP contribution in [0.5, 0.6) is 97.7 Å². The number of esters is 1. The molecule has 0 fully saturated rings. The first-order valence-corrected chi connectivity index (χ1v) is 36.1. The number of carbonyl (C=O) groups excluding carboxylic acids is 1. The molecule has 111 heavy (non-hydrogen) atoms. The normalized spacial score (nSPS) is 11.0. The average Bonchev–Trinajstić information content (AvgIpc) is 0.712. The van der Waals surface area contributed by atoms with Gasteiger partial charge in [-0.3, -0.25) is 0 Å². The van der Waals surface area contributed by atoms with Gasteiger partial charge < -0.3 is 90.4 Å². The number of fused-ring (bicyclic) bond motifs is 10. The van der Waals surface area contributed by atoms with Gasteiger partial charge in [-0.05, 0) is 210 Å². The van der Waals surface area contributed by atoms with Crippen LogP contribution in [0.2, 0.25) is 0 Å². The van der Waals surface area contributed by atoms with Gasteiger partial charge in [-0.1, -0.05) is 18.2 Å².